The van der Waals surface area contributed by atoms with Crippen LogP contribution >= 0.6 is 23.2 Å². The lowest BCUT2D eigenvalue weighted by molar-refractivity contribution is 0.190. The van der Waals surface area contributed by atoms with Crippen molar-refractivity contribution in [1.82, 2.24) is 4.90 Å². The van der Waals surface area contributed by atoms with Gasteiger partial charge < -0.3 is 10.2 Å². The number of carbonyl (C=O) groups is 1. The van der Waals surface area contributed by atoms with Gasteiger partial charge in [0.15, 0.2) is 9.84 Å². The van der Waals surface area contributed by atoms with Gasteiger partial charge in [-0.15, -0.1) is 0 Å². The van der Waals surface area contributed by atoms with Crippen LogP contribution in [0.3, 0.4) is 0 Å². The Morgan fingerprint density at radius 2 is 1.88 bits per heavy atom. The number of nitrogens with one attached hydrogen (secondary N) is 1. The number of hydrogen-bond acceptors (Lipinski definition) is 3. The van der Waals surface area contributed by atoms with Crippen molar-refractivity contribution >= 4 is 44.8 Å². The molecule has 2 aromatic carbocycles. The fraction of sp³-hybridized carbons (Fsp3) is 0.278. The van der Waals surface area contributed by atoms with E-state index in [1.54, 1.807) is 30.3 Å². The van der Waals surface area contributed by atoms with E-state index in [-0.39, 0.29) is 24.1 Å². The number of nitrogens with zero attached hydrogens (tertiary/aromatic N) is 1. The van der Waals surface area contributed by atoms with Crippen molar-refractivity contribution in [1.29, 1.82) is 0 Å². The SMILES string of the molecule is O=C(Nc1ccccc1)N(Cc1ccc(Cl)cc1Cl)[C@H]1CCS(=O)(=O)C1. The topological polar surface area (TPSA) is 66.5 Å². The summed E-state index contributed by atoms with van der Waals surface area (Å²) < 4.78 is 23.8. The predicted molar refractivity (Wildman–Crippen MR) is 105 cm³/mol. The Kier molecular flexibility index (Phi) is 5.75. The van der Waals surface area contributed by atoms with Crippen molar-refractivity contribution in [3.63, 3.8) is 0 Å². The molecule has 0 saturated carbocycles. The lowest BCUT2D eigenvalue weighted by atomic mass is 10.1. The maximum Gasteiger partial charge on any atom is 0.322 e. The van der Waals surface area contributed by atoms with Crippen LogP contribution in [0.25, 0.3) is 0 Å². The number of sulfone groups is 1. The molecule has 1 fully saturated rings. The molecule has 2 aromatic rings. The van der Waals surface area contributed by atoms with E-state index in [2.05, 4.69) is 5.32 Å². The molecule has 1 saturated heterocycles. The Hall–Kier alpha value is -1.76. The van der Waals surface area contributed by atoms with Crippen LogP contribution in [0.4, 0.5) is 10.5 Å². The van der Waals surface area contributed by atoms with Gasteiger partial charge in [-0.1, -0.05) is 47.5 Å². The summed E-state index contributed by atoms with van der Waals surface area (Å²) in [5.41, 5.74) is 1.36. The van der Waals surface area contributed by atoms with E-state index in [1.165, 1.54) is 4.90 Å². The summed E-state index contributed by atoms with van der Waals surface area (Å²) in [5.74, 6) is 0.0432. The van der Waals surface area contributed by atoms with Gasteiger partial charge in [0.1, 0.15) is 0 Å². The van der Waals surface area contributed by atoms with E-state index in [0.29, 0.717) is 27.7 Å². The van der Waals surface area contributed by atoms with Gasteiger partial charge in [-0.05, 0) is 36.2 Å². The van der Waals surface area contributed by atoms with Gasteiger partial charge in [0.2, 0.25) is 0 Å². The molecule has 0 spiro atoms. The maximum atomic E-state index is 12.8. The van der Waals surface area contributed by atoms with E-state index in [4.69, 9.17) is 23.2 Å². The maximum absolute atomic E-state index is 12.8. The lowest BCUT2D eigenvalue weighted by Crippen LogP contribution is -2.43. The lowest BCUT2D eigenvalue weighted by Gasteiger charge is -2.29. The molecule has 1 atom stereocenters. The average Bonchev–Trinajstić information content (AvgIpc) is 2.94. The molecule has 1 N–H and O–H groups in total. The molecule has 0 unspecified atom stereocenters. The summed E-state index contributed by atoms with van der Waals surface area (Å²) in [6.07, 6.45) is 0.412. The first kappa shape index (κ1) is 19.0. The Labute approximate surface area is 162 Å². The fourth-order valence-electron chi connectivity index (χ4n) is 2.94. The molecule has 2 amide bonds. The van der Waals surface area contributed by atoms with Crippen molar-refractivity contribution in [3.8, 4) is 0 Å². The fourth-order valence-corrected chi connectivity index (χ4v) is 5.14. The zero-order valence-corrected chi connectivity index (χ0v) is 16.2. The number of anilines is 1. The summed E-state index contributed by atoms with van der Waals surface area (Å²) in [6.45, 7) is 0.203. The number of rotatable bonds is 4. The molecular weight excluding hydrogens is 395 g/mol. The van der Waals surface area contributed by atoms with Gasteiger partial charge in [-0.25, -0.2) is 13.2 Å². The minimum absolute atomic E-state index is 0.0413. The molecule has 1 heterocycles. The molecule has 0 bridgehead atoms. The summed E-state index contributed by atoms with van der Waals surface area (Å²) in [7, 11) is -3.13. The Morgan fingerprint density at radius 3 is 2.50 bits per heavy atom. The molecule has 0 aliphatic carbocycles. The van der Waals surface area contributed by atoms with Crippen molar-refractivity contribution in [2.45, 2.75) is 19.0 Å². The van der Waals surface area contributed by atoms with E-state index in [0.717, 1.165) is 0 Å². The highest BCUT2D eigenvalue weighted by atomic mass is 35.5. The van der Waals surface area contributed by atoms with Crippen LogP contribution in [-0.2, 0) is 16.4 Å². The number of carbonyl (C=O) groups excluding carboxylic acids is 1. The molecule has 1 aliphatic rings. The van der Waals surface area contributed by atoms with E-state index in [1.807, 2.05) is 18.2 Å². The third-order valence-electron chi connectivity index (χ3n) is 4.29. The molecule has 0 radical (unpaired) electrons. The third-order valence-corrected chi connectivity index (χ3v) is 6.63. The van der Waals surface area contributed by atoms with Gasteiger partial charge >= 0.3 is 6.03 Å². The van der Waals surface area contributed by atoms with E-state index < -0.39 is 15.9 Å². The summed E-state index contributed by atoms with van der Waals surface area (Å²) in [4.78, 5) is 14.4. The molecular formula is C18H18Cl2N2O3S. The molecule has 138 valence electrons. The van der Waals surface area contributed by atoms with Crippen LogP contribution in [0.1, 0.15) is 12.0 Å². The zero-order chi connectivity index (χ0) is 18.7. The molecule has 5 nitrogen and oxygen atoms in total. The Balaban J connectivity index is 1.85. The van der Waals surface area contributed by atoms with Crippen LogP contribution in [0.15, 0.2) is 48.5 Å². The largest absolute Gasteiger partial charge is 0.322 e. The highest BCUT2D eigenvalue weighted by molar-refractivity contribution is 7.91. The molecule has 8 heteroatoms. The number of benzene rings is 2. The molecule has 1 aliphatic heterocycles. The zero-order valence-electron chi connectivity index (χ0n) is 13.9. The first-order valence-electron chi connectivity index (χ1n) is 8.11. The molecule has 3 rings (SSSR count). The second kappa shape index (κ2) is 7.86. The standard InChI is InChI=1S/C18H18Cl2N2O3S/c19-14-7-6-13(17(20)10-14)11-22(16-8-9-26(24,25)12-16)18(23)21-15-4-2-1-3-5-15/h1-7,10,16H,8-9,11-12H2,(H,21,23)/t16-/m0/s1. The van der Waals surface area contributed by atoms with Crippen LogP contribution in [0.2, 0.25) is 10.0 Å². The molecule has 26 heavy (non-hydrogen) atoms. The van der Waals surface area contributed by atoms with Crippen LogP contribution in [-0.4, -0.2) is 36.9 Å². The smallest absolute Gasteiger partial charge is 0.316 e. The third kappa shape index (κ3) is 4.69. The summed E-state index contributed by atoms with van der Waals surface area (Å²) in [6, 6.07) is 13.3. The highest BCUT2D eigenvalue weighted by Crippen LogP contribution is 2.26. The van der Waals surface area contributed by atoms with Gasteiger partial charge in [0, 0.05) is 28.3 Å². The van der Waals surface area contributed by atoms with E-state index >= 15 is 0 Å². The monoisotopic (exact) mass is 412 g/mol. The van der Waals surface area contributed by atoms with Crippen LogP contribution in [0, 0.1) is 0 Å². The van der Waals surface area contributed by atoms with Gasteiger partial charge in [0.25, 0.3) is 0 Å². The van der Waals surface area contributed by atoms with Crippen LogP contribution in [0.5, 0.6) is 0 Å². The second-order valence-electron chi connectivity index (χ2n) is 6.22. The van der Waals surface area contributed by atoms with Gasteiger partial charge in [0.05, 0.1) is 11.5 Å². The number of halogens is 2. The van der Waals surface area contributed by atoms with Gasteiger partial charge in [-0.2, -0.15) is 0 Å². The van der Waals surface area contributed by atoms with Crippen molar-refractivity contribution in [2.24, 2.45) is 0 Å². The Morgan fingerprint density at radius 1 is 1.15 bits per heavy atom. The molecule has 0 aromatic heterocycles. The minimum atomic E-state index is -3.13. The second-order valence-corrected chi connectivity index (χ2v) is 9.29. The van der Waals surface area contributed by atoms with Crippen molar-refractivity contribution < 1.29 is 13.2 Å². The number of amides is 2. The number of urea groups is 1. The predicted octanol–water partition coefficient (Wildman–Crippen LogP) is 4.21. The normalized spacial score (nSPS) is 18.5. The summed E-state index contributed by atoms with van der Waals surface area (Å²) in [5, 5.41) is 3.76. The summed E-state index contributed by atoms with van der Waals surface area (Å²) >= 11 is 12.2. The Bertz CT molecular complexity index is 904. The minimum Gasteiger partial charge on any atom is -0.316 e. The highest BCUT2D eigenvalue weighted by Gasteiger charge is 2.35. The van der Waals surface area contributed by atoms with Crippen LogP contribution < -0.4 is 5.32 Å². The van der Waals surface area contributed by atoms with Gasteiger partial charge in [-0.3, -0.25) is 0 Å². The first-order chi connectivity index (χ1) is 12.3. The number of hydrogen-bond donors (Lipinski definition) is 1. The first-order valence-corrected chi connectivity index (χ1v) is 10.7. The van der Waals surface area contributed by atoms with Crippen molar-refractivity contribution in [3.05, 3.63) is 64.1 Å². The van der Waals surface area contributed by atoms with E-state index in [9.17, 15) is 13.2 Å². The number of para-hydroxylation sites is 1. The van der Waals surface area contributed by atoms with Crippen molar-refractivity contribution in [2.75, 3.05) is 16.8 Å². The quantitative estimate of drug-likeness (QED) is 0.817. The average molecular weight is 413 g/mol.